The van der Waals surface area contributed by atoms with Gasteiger partial charge in [0.05, 0.1) is 29.7 Å². The number of rotatable bonds is 8. The van der Waals surface area contributed by atoms with E-state index in [1.807, 2.05) is 30.3 Å². The average Bonchev–Trinajstić information content (AvgIpc) is 2.79. The van der Waals surface area contributed by atoms with Crippen molar-refractivity contribution >= 4 is 46.7 Å². The number of H-pyrrole nitrogens is 1. The third kappa shape index (κ3) is 5.73. The summed E-state index contributed by atoms with van der Waals surface area (Å²) in [4.78, 5) is 41.7. The van der Waals surface area contributed by atoms with Crippen molar-refractivity contribution in [3.63, 3.8) is 0 Å². The largest absolute Gasteiger partial charge is 0.383 e. The zero-order valence-corrected chi connectivity index (χ0v) is 19.3. The van der Waals surface area contributed by atoms with E-state index in [2.05, 4.69) is 4.98 Å². The first-order valence-corrected chi connectivity index (χ1v) is 10.7. The van der Waals surface area contributed by atoms with E-state index in [4.69, 9.17) is 33.7 Å². The Bertz CT molecular complexity index is 1290. The fourth-order valence-corrected chi connectivity index (χ4v) is 3.55. The van der Waals surface area contributed by atoms with Crippen molar-refractivity contribution < 1.29 is 9.53 Å². The van der Waals surface area contributed by atoms with Gasteiger partial charge in [0.15, 0.2) is 5.69 Å². The number of anilines is 2. The Balaban J connectivity index is 2.08. The second-order valence-corrected chi connectivity index (χ2v) is 7.81. The Morgan fingerprint density at radius 2 is 1.88 bits per heavy atom. The quantitative estimate of drug-likeness (QED) is 0.472. The van der Waals surface area contributed by atoms with Crippen LogP contribution in [0.15, 0.2) is 64.2 Å². The van der Waals surface area contributed by atoms with Gasteiger partial charge in [-0.15, -0.1) is 0 Å². The van der Waals surface area contributed by atoms with Gasteiger partial charge in [0, 0.05) is 13.2 Å². The molecule has 8 nitrogen and oxygen atoms in total. The number of hydrogen-bond donors (Lipinski definition) is 2. The number of carbonyl (C=O) groups excluding carboxylic acids is 1. The van der Waals surface area contributed by atoms with Crippen LogP contribution in [0.3, 0.4) is 0 Å². The van der Waals surface area contributed by atoms with E-state index in [1.165, 1.54) is 24.2 Å². The van der Waals surface area contributed by atoms with E-state index in [0.29, 0.717) is 15.6 Å². The SMILES string of the molecule is COCCn1c(N)c(N(Cc2ccccc2)C(=O)/C=C/c2cccc(Cl)c2Cl)c(=O)[nH]c1=O. The second-order valence-electron chi connectivity index (χ2n) is 7.02. The maximum atomic E-state index is 13.3. The van der Waals surface area contributed by atoms with Crippen molar-refractivity contribution in [1.82, 2.24) is 9.55 Å². The van der Waals surface area contributed by atoms with E-state index in [-0.39, 0.29) is 31.2 Å². The van der Waals surface area contributed by atoms with Crippen LogP contribution in [0.5, 0.6) is 0 Å². The van der Waals surface area contributed by atoms with Crippen LogP contribution in [-0.4, -0.2) is 29.2 Å². The summed E-state index contributed by atoms with van der Waals surface area (Å²) >= 11 is 12.3. The van der Waals surface area contributed by atoms with E-state index >= 15 is 0 Å². The molecule has 33 heavy (non-hydrogen) atoms. The van der Waals surface area contributed by atoms with Crippen molar-refractivity contribution in [3.8, 4) is 0 Å². The smallest absolute Gasteiger partial charge is 0.330 e. The first-order valence-electron chi connectivity index (χ1n) is 9.92. The molecule has 0 atom stereocenters. The summed E-state index contributed by atoms with van der Waals surface area (Å²) in [6, 6.07) is 14.1. The summed E-state index contributed by atoms with van der Waals surface area (Å²) in [5, 5.41) is 0.640. The number of benzene rings is 2. The Labute approximate surface area is 199 Å². The maximum Gasteiger partial charge on any atom is 0.330 e. The van der Waals surface area contributed by atoms with Crippen molar-refractivity contribution in [1.29, 1.82) is 0 Å². The van der Waals surface area contributed by atoms with Crippen LogP contribution in [0.4, 0.5) is 11.5 Å². The highest BCUT2D eigenvalue weighted by atomic mass is 35.5. The third-order valence-corrected chi connectivity index (χ3v) is 5.67. The van der Waals surface area contributed by atoms with Gasteiger partial charge in [-0.05, 0) is 23.3 Å². The van der Waals surface area contributed by atoms with Gasteiger partial charge in [0.1, 0.15) is 5.82 Å². The van der Waals surface area contributed by atoms with Crippen molar-refractivity contribution in [2.24, 2.45) is 0 Å². The molecule has 0 aliphatic rings. The van der Waals surface area contributed by atoms with Crippen LogP contribution >= 0.6 is 23.2 Å². The number of carbonyl (C=O) groups is 1. The molecule has 10 heteroatoms. The molecule has 2 aromatic carbocycles. The number of hydrogen-bond acceptors (Lipinski definition) is 5. The molecule has 172 valence electrons. The van der Waals surface area contributed by atoms with Gasteiger partial charge in [0.2, 0.25) is 0 Å². The molecule has 3 N–H and O–H groups in total. The Hall–Kier alpha value is -3.33. The van der Waals surface area contributed by atoms with Crippen LogP contribution in [0.25, 0.3) is 6.08 Å². The topological polar surface area (TPSA) is 110 Å². The van der Waals surface area contributed by atoms with E-state index in [1.54, 1.807) is 18.2 Å². The fourth-order valence-electron chi connectivity index (χ4n) is 3.18. The minimum absolute atomic E-state index is 0.0447. The number of amides is 1. The lowest BCUT2D eigenvalue weighted by Gasteiger charge is -2.23. The second kappa shape index (κ2) is 11.0. The highest BCUT2D eigenvalue weighted by molar-refractivity contribution is 6.42. The van der Waals surface area contributed by atoms with E-state index in [9.17, 15) is 14.4 Å². The number of nitrogens with zero attached hydrogens (tertiary/aromatic N) is 2. The Kier molecular flexibility index (Phi) is 8.11. The number of nitrogens with one attached hydrogen (secondary N) is 1. The highest BCUT2D eigenvalue weighted by Gasteiger charge is 2.23. The fraction of sp³-hybridized carbons (Fsp3) is 0.174. The summed E-state index contributed by atoms with van der Waals surface area (Å²) in [5.41, 5.74) is 5.89. The first-order chi connectivity index (χ1) is 15.8. The summed E-state index contributed by atoms with van der Waals surface area (Å²) in [6.07, 6.45) is 2.77. The molecule has 0 aliphatic carbocycles. The predicted octanol–water partition coefficient (Wildman–Crippen LogP) is 3.32. The van der Waals surface area contributed by atoms with Gasteiger partial charge in [-0.1, -0.05) is 65.7 Å². The molecule has 1 amide bonds. The molecule has 3 rings (SSSR count). The predicted molar refractivity (Wildman–Crippen MR) is 131 cm³/mol. The van der Waals surface area contributed by atoms with Crippen LogP contribution in [0.2, 0.25) is 10.0 Å². The minimum atomic E-state index is -0.773. The molecule has 0 unspecified atom stereocenters. The molecule has 0 saturated heterocycles. The minimum Gasteiger partial charge on any atom is -0.383 e. The van der Waals surface area contributed by atoms with Crippen molar-refractivity contribution in [3.05, 3.63) is 96.6 Å². The van der Waals surface area contributed by atoms with Gasteiger partial charge in [0.25, 0.3) is 11.5 Å². The third-order valence-electron chi connectivity index (χ3n) is 4.84. The van der Waals surface area contributed by atoms with Crippen LogP contribution in [-0.2, 0) is 22.6 Å². The number of aromatic nitrogens is 2. The van der Waals surface area contributed by atoms with Crippen LogP contribution in [0.1, 0.15) is 11.1 Å². The molecule has 1 heterocycles. The Morgan fingerprint density at radius 3 is 2.58 bits per heavy atom. The first kappa shape index (κ1) is 24.3. The molecule has 3 aromatic rings. The highest BCUT2D eigenvalue weighted by Crippen LogP contribution is 2.27. The summed E-state index contributed by atoms with van der Waals surface area (Å²) in [5.74, 6) is -0.677. The lowest BCUT2D eigenvalue weighted by atomic mass is 10.2. The zero-order valence-electron chi connectivity index (χ0n) is 17.8. The molecule has 0 fully saturated rings. The molecule has 0 saturated carbocycles. The summed E-state index contributed by atoms with van der Waals surface area (Å²) in [7, 11) is 1.48. The lowest BCUT2D eigenvalue weighted by molar-refractivity contribution is -0.114. The molecular formula is C23H22Cl2N4O4. The zero-order chi connectivity index (χ0) is 24.0. The number of nitrogens with two attached hydrogens (primary N) is 1. The van der Waals surface area contributed by atoms with E-state index < -0.39 is 17.2 Å². The van der Waals surface area contributed by atoms with Gasteiger partial charge in [-0.3, -0.25) is 24.0 Å². The van der Waals surface area contributed by atoms with Crippen molar-refractivity contribution in [2.45, 2.75) is 13.1 Å². The van der Waals surface area contributed by atoms with Crippen molar-refractivity contribution in [2.75, 3.05) is 24.4 Å². The number of halogens is 2. The maximum absolute atomic E-state index is 13.3. The number of aromatic amines is 1. The van der Waals surface area contributed by atoms with Gasteiger partial charge in [-0.25, -0.2) is 4.79 Å². The lowest BCUT2D eigenvalue weighted by Crippen LogP contribution is -2.40. The molecule has 1 aromatic heterocycles. The molecule has 0 radical (unpaired) electrons. The average molecular weight is 489 g/mol. The monoisotopic (exact) mass is 488 g/mol. The normalized spacial score (nSPS) is 11.1. The summed E-state index contributed by atoms with van der Waals surface area (Å²) in [6.45, 7) is 0.338. The standard InChI is InChI=1S/C23H22Cl2N4O4/c1-33-13-12-28-21(26)20(22(31)27-23(28)32)29(14-15-6-3-2-4-7-15)18(30)11-10-16-8-5-9-17(24)19(16)25/h2-11H,12-14,26H2,1H3,(H,27,31,32)/b11-10+. The van der Waals surface area contributed by atoms with E-state index in [0.717, 1.165) is 10.1 Å². The van der Waals surface area contributed by atoms with Crippen LogP contribution in [0, 0.1) is 0 Å². The summed E-state index contributed by atoms with van der Waals surface area (Å²) < 4.78 is 6.17. The van der Waals surface area contributed by atoms with Gasteiger partial charge < -0.3 is 10.5 Å². The Morgan fingerprint density at radius 1 is 1.15 bits per heavy atom. The molecule has 0 aliphatic heterocycles. The molecule has 0 spiro atoms. The number of nitrogen functional groups attached to an aromatic ring is 1. The van der Waals surface area contributed by atoms with Gasteiger partial charge >= 0.3 is 5.69 Å². The molecule has 0 bridgehead atoms. The number of ether oxygens (including phenoxy) is 1. The number of methoxy groups -OCH3 is 1. The van der Waals surface area contributed by atoms with Crippen LogP contribution < -0.4 is 21.9 Å². The van der Waals surface area contributed by atoms with Gasteiger partial charge in [-0.2, -0.15) is 0 Å². The molecular weight excluding hydrogens is 467 g/mol.